The summed E-state index contributed by atoms with van der Waals surface area (Å²) < 4.78 is 0. The molecule has 1 unspecified atom stereocenters. The zero-order chi connectivity index (χ0) is 13.4. The summed E-state index contributed by atoms with van der Waals surface area (Å²) in [5, 5.41) is 17.4. The fourth-order valence-electron chi connectivity index (χ4n) is 1.32. The molecule has 1 aromatic rings. The summed E-state index contributed by atoms with van der Waals surface area (Å²) in [5.41, 5.74) is 2.09. The topological polar surface area (TPSA) is 57.5 Å². The van der Waals surface area contributed by atoms with Gasteiger partial charge in [-0.3, -0.25) is 0 Å². The second-order valence-corrected chi connectivity index (χ2v) is 5.25. The summed E-state index contributed by atoms with van der Waals surface area (Å²) in [6.45, 7) is 2.25. The maximum absolute atomic E-state index is 10.4. The van der Waals surface area contributed by atoms with E-state index in [1.165, 1.54) is 5.56 Å². The van der Waals surface area contributed by atoms with E-state index in [0.29, 0.717) is 5.92 Å². The number of rotatable bonds is 7. The molecule has 0 aromatic heterocycles. The number of aliphatic hydroxyl groups excluding tert-OH is 1. The second kappa shape index (κ2) is 7.95. The highest BCUT2D eigenvalue weighted by Gasteiger charge is 2.00. The van der Waals surface area contributed by atoms with Crippen LogP contribution in [0.2, 0.25) is 0 Å². The van der Waals surface area contributed by atoms with Gasteiger partial charge in [0.1, 0.15) is 0 Å². The standard InChI is InChI=1S/C14H18O3S/c1-11(8-15)9-18-10-13-4-2-12(3-5-13)6-7-14(16)17/h2-7,11,15H,8-10H2,1H3,(H,16,17). The Bertz CT molecular complexity index is 398. The number of carboxylic acids is 1. The molecule has 0 radical (unpaired) electrons. The lowest BCUT2D eigenvalue weighted by Gasteiger charge is -2.07. The third kappa shape index (κ3) is 5.89. The first-order chi connectivity index (χ1) is 8.61. The Labute approximate surface area is 112 Å². The van der Waals surface area contributed by atoms with E-state index in [1.807, 2.05) is 31.2 Å². The monoisotopic (exact) mass is 266 g/mol. The summed E-state index contributed by atoms with van der Waals surface area (Å²) in [5.74, 6) is 1.24. The average Bonchev–Trinajstić information content (AvgIpc) is 2.37. The molecule has 0 aliphatic rings. The van der Waals surface area contributed by atoms with E-state index in [4.69, 9.17) is 10.2 Å². The number of hydrogen-bond donors (Lipinski definition) is 2. The van der Waals surface area contributed by atoms with Gasteiger partial charge in [-0.1, -0.05) is 31.2 Å². The Kier molecular flexibility index (Phi) is 6.54. The van der Waals surface area contributed by atoms with Crippen LogP contribution in [0.5, 0.6) is 0 Å². The van der Waals surface area contributed by atoms with Crippen LogP contribution in [-0.4, -0.2) is 28.5 Å². The summed E-state index contributed by atoms with van der Waals surface area (Å²) in [6.07, 6.45) is 2.71. The molecule has 0 aliphatic heterocycles. The van der Waals surface area contributed by atoms with Crippen molar-refractivity contribution in [3.63, 3.8) is 0 Å². The summed E-state index contributed by atoms with van der Waals surface area (Å²) in [4.78, 5) is 10.4. The van der Waals surface area contributed by atoms with E-state index in [-0.39, 0.29) is 6.61 Å². The van der Waals surface area contributed by atoms with E-state index in [2.05, 4.69) is 0 Å². The molecular formula is C14H18O3S. The van der Waals surface area contributed by atoms with Gasteiger partial charge in [0.25, 0.3) is 0 Å². The zero-order valence-corrected chi connectivity index (χ0v) is 11.2. The molecule has 1 atom stereocenters. The summed E-state index contributed by atoms with van der Waals surface area (Å²) in [7, 11) is 0. The van der Waals surface area contributed by atoms with Crippen LogP contribution in [0, 0.1) is 5.92 Å². The van der Waals surface area contributed by atoms with Crippen LogP contribution >= 0.6 is 11.8 Å². The molecule has 3 nitrogen and oxygen atoms in total. The molecule has 0 bridgehead atoms. The van der Waals surface area contributed by atoms with Crippen LogP contribution in [0.25, 0.3) is 6.08 Å². The molecule has 0 heterocycles. The SMILES string of the molecule is CC(CO)CSCc1ccc(C=CC(=O)O)cc1. The Morgan fingerprint density at radius 3 is 2.61 bits per heavy atom. The molecule has 0 spiro atoms. The maximum Gasteiger partial charge on any atom is 0.328 e. The summed E-state index contributed by atoms with van der Waals surface area (Å²) >= 11 is 1.79. The largest absolute Gasteiger partial charge is 0.478 e. The Hall–Kier alpha value is -1.26. The maximum atomic E-state index is 10.4. The van der Waals surface area contributed by atoms with Crippen molar-refractivity contribution >= 4 is 23.8 Å². The number of carbonyl (C=O) groups is 1. The smallest absolute Gasteiger partial charge is 0.328 e. The number of benzene rings is 1. The van der Waals surface area contributed by atoms with E-state index >= 15 is 0 Å². The van der Waals surface area contributed by atoms with Crippen molar-refractivity contribution in [3.05, 3.63) is 41.5 Å². The van der Waals surface area contributed by atoms with Crippen molar-refractivity contribution in [2.24, 2.45) is 5.92 Å². The van der Waals surface area contributed by atoms with E-state index < -0.39 is 5.97 Å². The first kappa shape index (κ1) is 14.8. The third-order valence-corrected chi connectivity index (χ3v) is 3.72. The highest BCUT2D eigenvalue weighted by atomic mass is 32.2. The molecule has 1 rings (SSSR count). The van der Waals surface area contributed by atoms with Crippen LogP contribution in [0.4, 0.5) is 0 Å². The zero-order valence-electron chi connectivity index (χ0n) is 10.4. The molecule has 18 heavy (non-hydrogen) atoms. The van der Waals surface area contributed by atoms with Crippen molar-refractivity contribution in [1.82, 2.24) is 0 Å². The van der Waals surface area contributed by atoms with E-state index in [1.54, 1.807) is 17.8 Å². The van der Waals surface area contributed by atoms with Gasteiger partial charge in [-0.25, -0.2) is 4.79 Å². The van der Waals surface area contributed by atoms with Crippen LogP contribution in [-0.2, 0) is 10.5 Å². The van der Waals surface area contributed by atoms with Gasteiger partial charge < -0.3 is 10.2 Å². The number of aliphatic hydroxyl groups is 1. The highest BCUT2D eigenvalue weighted by molar-refractivity contribution is 7.98. The van der Waals surface area contributed by atoms with Crippen LogP contribution in [0.15, 0.2) is 30.3 Å². The van der Waals surface area contributed by atoms with Gasteiger partial charge in [0.2, 0.25) is 0 Å². The minimum Gasteiger partial charge on any atom is -0.478 e. The van der Waals surface area contributed by atoms with Gasteiger partial charge in [0, 0.05) is 18.4 Å². The minimum absolute atomic E-state index is 0.228. The van der Waals surface area contributed by atoms with Crippen molar-refractivity contribution in [2.75, 3.05) is 12.4 Å². The first-order valence-electron chi connectivity index (χ1n) is 5.80. The third-order valence-electron chi connectivity index (χ3n) is 2.38. The molecule has 0 fully saturated rings. The fourth-order valence-corrected chi connectivity index (χ4v) is 2.38. The van der Waals surface area contributed by atoms with Gasteiger partial charge in [0.05, 0.1) is 0 Å². The quantitative estimate of drug-likeness (QED) is 0.745. The molecule has 2 N–H and O–H groups in total. The van der Waals surface area contributed by atoms with Gasteiger partial charge in [0.15, 0.2) is 0 Å². The molecular weight excluding hydrogens is 248 g/mol. The van der Waals surface area contributed by atoms with E-state index in [0.717, 1.165) is 23.1 Å². The number of carboxylic acid groups (broad SMARTS) is 1. The van der Waals surface area contributed by atoms with E-state index in [9.17, 15) is 4.79 Å². The van der Waals surface area contributed by atoms with Gasteiger partial charge in [-0.05, 0) is 28.9 Å². The highest BCUT2D eigenvalue weighted by Crippen LogP contribution is 2.16. The molecule has 0 saturated carbocycles. The van der Waals surface area contributed by atoms with Gasteiger partial charge >= 0.3 is 5.97 Å². The number of aliphatic carboxylic acids is 1. The van der Waals surface area contributed by atoms with Crippen LogP contribution < -0.4 is 0 Å². The number of hydrogen-bond acceptors (Lipinski definition) is 3. The fraction of sp³-hybridized carbons (Fsp3) is 0.357. The Morgan fingerprint density at radius 1 is 1.39 bits per heavy atom. The number of thioether (sulfide) groups is 1. The van der Waals surface area contributed by atoms with Crippen LogP contribution in [0.1, 0.15) is 18.1 Å². The molecule has 1 aromatic carbocycles. The Morgan fingerprint density at radius 2 is 2.06 bits per heavy atom. The van der Waals surface area contributed by atoms with Gasteiger partial charge in [-0.2, -0.15) is 11.8 Å². The Balaban J connectivity index is 2.43. The first-order valence-corrected chi connectivity index (χ1v) is 6.96. The lowest BCUT2D eigenvalue weighted by molar-refractivity contribution is -0.131. The lowest BCUT2D eigenvalue weighted by atomic mass is 10.1. The molecule has 98 valence electrons. The van der Waals surface area contributed by atoms with Gasteiger partial charge in [-0.15, -0.1) is 0 Å². The molecule has 0 amide bonds. The summed E-state index contributed by atoms with van der Waals surface area (Å²) in [6, 6.07) is 7.81. The van der Waals surface area contributed by atoms with Crippen molar-refractivity contribution in [1.29, 1.82) is 0 Å². The van der Waals surface area contributed by atoms with Crippen molar-refractivity contribution in [2.45, 2.75) is 12.7 Å². The van der Waals surface area contributed by atoms with Crippen LogP contribution in [0.3, 0.4) is 0 Å². The minimum atomic E-state index is -0.937. The molecule has 0 aliphatic carbocycles. The second-order valence-electron chi connectivity index (χ2n) is 4.22. The van der Waals surface area contributed by atoms with Crippen molar-refractivity contribution in [3.8, 4) is 0 Å². The predicted octanol–water partition coefficient (Wildman–Crippen LogP) is 2.65. The molecule has 0 saturated heterocycles. The molecule has 4 heteroatoms. The predicted molar refractivity (Wildman–Crippen MR) is 75.5 cm³/mol. The normalized spacial score (nSPS) is 12.8. The average molecular weight is 266 g/mol. The van der Waals surface area contributed by atoms with Crippen molar-refractivity contribution < 1.29 is 15.0 Å². The lowest BCUT2D eigenvalue weighted by Crippen LogP contribution is -2.03.